The van der Waals surface area contributed by atoms with Crippen LogP contribution in [0.1, 0.15) is 53.5 Å². The fraction of sp³-hybridized carbons (Fsp3) is 0.500. The third kappa shape index (κ3) is 6.11. The van der Waals surface area contributed by atoms with Gasteiger partial charge in [0.25, 0.3) is 0 Å². The van der Waals surface area contributed by atoms with Crippen LogP contribution in [0.25, 0.3) is 0 Å². The van der Waals surface area contributed by atoms with Crippen LogP contribution in [-0.4, -0.2) is 41.8 Å². The molecule has 0 saturated carbocycles. The summed E-state index contributed by atoms with van der Waals surface area (Å²) in [5.74, 6) is 1.27. The van der Waals surface area contributed by atoms with E-state index in [0.717, 1.165) is 31.2 Å². The molecule has 1 N–H and O–H groups in total. The Balaban J connectivity index is 1.48. The minimum atomic E-state index is -0.182. The Labute approximate surface area is 176 Å². The molecule has 1 saturated heterocycles. The van der Waals surface area contributed by atoms with E-state index in [4.69, 9.17) is 4.74 Å². The Hall–Kier alpha value is -2.25. The van der Waals surface area contributed by atoms with Crippen LogP contribution in [0.4, 0.5) is 5.13 Å². The molecular formula is C22H29N3O3S. The van der Waals surface area contributed by atoms with Crippen molar-refractivity contribution in [2.75, 3.05) is 25.5 Å². The number of carbonyl (C=O) groups is 2. The minimum Gasteiger partial charge on any atom is -0.497 e. The molecule has 0 radical (unpaired) electrons. The topological polar surface area (TPSA) is 71.5 Å². The number of ether oxygens (including phenoxy) is 1. The first-order chi connectivity index (χ1) is 13.9. The molecule has 6 nitrogen and oxygen atoms in total. The lowest BCUT2D eigenvalue weighted by Gasteiger charge is -2.29. The normalized spacial score (nSPS) is 15.3. The van der Waals surface area contributed by atoms with E-state index in [2.05, 4.69) is 22.1 Å². The molecule has 0 bridgehead atoms. The van der Waals surface area contributed by atoms with Crippen LogP contribution in [0.2, 0.25) is 0 Å². The van der Waals surface area contributed by atoms with Gasteiger partial charge in [0.2, 0.25) is 5.91 Å². The van der Waals surface area contributed by atoms with Gasteiger partial charge in [-0.3, -0.25) is 14.5 Å². The van der Waals surface area contributed by atoms with Gasteiger partial charge in [-0.05, 0) is 63.0 Å². The zero-order valence-corrected chi connectivity index (χ0v) is 18.2. The smallest absolute Gasteiger partial charge is 0.226 e. The van der Waals surface area contributed by atoms with Gasteiger partial charge >= 0.3 is 0 Å². The maximum Gasteiger partial charge on any atom is 0.226 e. The number of aryl methyl sites for hydroxylation is 1. The molecule has 1 fully saturated rings. The fourth-order valence-corrected chi connectivity index (χ4v) is 4.40. The number of thiazole rings is 1. The summed E-state index contributed by atoms with van der Waals surface area (Å²) in [4.78, 5) is 32.7. The highest BCUT2D eigenvalue weighted by atomic mass is 32.1. The Kier molecular flexibility index (Phi) is 7.39. The quantitative estimate of drug-likeness (QED) is 0.651. The average molecular weight is 416 g/mol. The Morgan fingerprint density at radius 3 is 2.55 bits per heavy atom. The summed E-state index contributed by atoms with van der Waals surface area (Å²) in [7, 11) is 1.58. The number of hydrogen-bond donors (Lipinski definition) is 1. The molecule has 1 aromatic carbocycles. The van der Waals surface area contributed by atoms with Crippen LogP contribution in [0.5, 0.6) is 5.75 Å². The van der Waals surface area contributed by atoms with E-state index in [1.165, 1.54) is 29.1 Å². The average Bonchev–Trinajstić information content (AvgIpc) is 3.06. The number of hydrogen-bond acceptors (Lipinski definition) is 6. The van der Waals surface area contributed by atoms with Gasteiger partial charge in [-0.1, -0.05) is 6.92 Å². The fourth-order valence-electron chi connectivity index (χ4n) is 3.38. The van der Waals surface area contributed by atoms with Crippen LogP contribution in [0.15, 0.2) is 24.3 Å². The van der Waals surface area contributed by atoms with E-state index in [1.807, 2.05) is 6.92 Å². The standard InChI is InChI=1S/C22H29N3O3S/c1-15-10-12-25(13-11-15)14-20-16(2)23-22(29-20)24-21(27)9-8-19(26)17-4-6-18(28-3)7-5-17/h4-7,15H,8-14H2,1-3H3,(H,23,24,27). The van der Waals surface area contributed by atoms with E-state index in [-0.39, 0.29) is 24.5 Å². The molecule has 2 aromatic rings. The number of aromatic nitrogens is 1. The summed E-state index contributed by atoms with van der Waals surface area (Å²) >= 11 is 1.53. The van der Waals surface area contributed by atoms with Gasteiger partial charge in [-0.2, -0.15) is 0 Å². The summed E-state index contributed by atoms with van der Waals surface area (Å²) in [5, 5.41) is 3.47. The van der Waals surface area contributed by atoms with E-state index in [9.17, 15) is 9.59 Å². The number of nitrogens with one attached hydrogen (secondary N) is 1. The number of methoxy groups -OCH3 is 1. The first-order valence-electron chi connectivity index (χ1n) is 10.1. The minimum absolute atomic E-state index is 0.0573. The number of likely N-dealkylation sites (tertiary alicyclic amines) is 1. The van der Waals surface area contributed by atoms with E-state index < -0.39 is 0 Å². The number of piperidine rings is 1. The van der Waals surface area contributed by atoms with Gasteiger partial charge in [0, 0.05) is 29.8 Å². The molecule has 156 valence electrons. The highest BCUT2D eigenvalue weighted by Crippen LogP contribution is 2.26. The van der Waals surface area contributed by atoms with Crippen LogP contribution in [-0.2, 0) is 11.3 Å². The van der Waals surface area contributed by atoms with Crippen molar-refractivity contribution in [3.05, 3.63) is 40.4 Å². The number of amides is 1. The molecule has 1 aliphatic rings. The molecule has 1 amide bonds. The molecule has 0 spiro atoms. The summed E-state index contributed by atoms with van der Waals surface area (Å²) in [6.45, 7) is 7.42. The number of Topliss-reactive ketones (excluding diaryl/α,β-unsaturated/α-hetero) is 1. The maximum atomic E-state index is 12.3. The van der Waals surface area contributed by atoms with E-state index in [1.54, 1.807) is 31.4 Å². The zero-order chi connectivity index (χ0) is 20.8. The van der Waals surface area contributed by atoms with Crippen molar-refractivity contribution in [3.63, 3.8) is 0 Å². The van der Waals surface area contributed by atoms with E-state index >= 15 is 0 Å². The lowest BCUT2D eigenvalue weighted by Crippen LogP contribution is -2.32. The molecule has 0 unspecified atom stereocenters. The van der Waals surface area contributed by atoms with Crippen molar-refractivity contribution in [2.45, 2.75) is 46.1 Å². The molecule has 7 heteroatoms. The third-order valence-electron chi connectivity index (χ3n) is 5.37. The van der Waals surface area contributed by atoms with Crippen LogP contribution >= 0.6 is 11.3 Å². The van der Waals surface area contributed by atoms with Gasteiger partial charge in [-0.15, -0.1) is 11.3 Å². The van der Waals surface area contributed by atoms with Gasteiger partial charge < -0.3 is 10.1 Å². The van der Waals surface area contributed by atoms with Gasteiger partial charge in [0.1, 0.15) is 5.75 Å². The van der Waals surface area contributed by atoms with Crippen LogP contribution in [0, 0.1) is 12.8 Å². The first kappa shape index (κ1) is 21.5. The number of carbonyl (C=O) groups excluding carboxylic acids is 2. The van der Waals surface area contributed by atoms with Crippen LogP contribution < -0.4 is 10.1 Å². The second-order valence-corrected chi connectivity index (χ2v) is 8.77. The summed E-state index contributed by atoms with van der Waals surface area (Å²) in [6.07, 6.45) is 2.79. The lowest BCUT2D eigenvalue weighted by atomic mass is 9.99. The Morgan fingerprint density at radius 1 is 1.21 bits per heavy atom. The number of nitrogens with zero attached hydrogens (tertiary/aromatic N) is 2. The molecule has 1 aliphatic heterocycles. The number of ketones is 1. The zero-order valence-electron chi connectivity index (χ0n) is 17.4. The van der Waals surface area contributed by atoms with Crippen molar-refractivity contribution in [1.29, 1.82) is 0 Å². The number of anilines is 1. The van der Waals surface area contributed by atoms with E-state index in [0.29, 0.717) is 16.4 Å². The molecule has 3 rings (SSSR count). The lowest BCUT2D eigenvalue weighted by molar-refractivity contribution is -0.116. The Morgan fingerprint density at radius 2 is 1.90 bits per heavy atom. The predicted octanol–water partition coefficient (Wildman–Crippen LogP) is 4.29. The largest absolute Gasteiger partial charge is 0.497 e. The molecule has 0 atom stereocenters. The predicted molar refractivity (Wildman–Crippen MR) is 116 cm³/mol. The first-order valence-corrected chi connectivity index (χ1v) is 10.9. The maximum absolute atomic E-state index is 12.3. The van der Waals surface area contributed by atoms with Crippen molar-refractivity contribution >= 4 is 28.2 Å². The Bertz CT molecular complexity index is 839. The second-order valence-electron chi connectivity index (χ2n) is 7.69. The molecular weight excluding hydrogens is 386 g/mol. The van der Waals surface area contributed by atoms with Crippen molar-refractivity contribution in [2.24, 2.45) is 5.92 Å². The van der Waals surface area contributed by atoms with Crippen molar-refractivity contribution in [1.82, 2.24) is 9.88 Å². The summed E-state index contributed by atoms with van der Waals surface area (Å²) < 4.78 is 5.09. The second kappa shape index (κ2) is 9.98. The third-order valence-corrected chi connectivity index (χ3v) is 6.43. The molecule has 1 aromatic heterocycles. The number of benzene rings is 1. The summed E-state index contributed by atoms with van der Waals surface area (Å²) in [6, 6.07) is 6.93. The molecule has 0 aliphatic carbocycles. The highest BCUT2D eigenvalue weighted by molar-refractivity contribution is 7.15. The molecule has 29 heavy (non-hydrogen) atoms. The number of rotatable bonds is 8. The van der Waals surface area contributed by atoms with Crippen molar-refractivity contribution in [3.8, 4) is 5.75 Å². The highest BCUT2D eigenvalue weighted by Gasteiger charge is 2.19. The van der Waals surface area contributed by atoms with Gasteiger partial charge in [-0.25, -0.2) is 4.98 Å². The van der Waals surface area contributed by atoms with Crippen LogP contribution in [0.3, 0.4) is 0 Å². The van der Waals surface area contributed by atoms with Gasteiger partial charge in [0.05, 0.1) is 12.8 Å². The molecule has 2 heterocycles. The SMILES string of the molecule is COc1ccc(C(=O)CCC(=O)Nc2nc(C)c(CN3CCC(C)CC3)s2)cc1. The monoisotopic (exact) mass is 415 g/mol. The van der Waals surface area contributed by atoms with Gasteiger partial charge in [0.15, 0.2) is 10.9 Å². The van der Waals surface area contributed by atoms with Crippen molar-refractivity contribution < 1.29 is 14.3 Å². The summed E-state index contributed by atoms with van der Waals surface area (Å²) in [5.41, 5.74) is 1.56.